The van der Waals surface area contributed by atoms with Crippen molar-refractivity contribution in [3.05, 3.63) is 0 Å². The van der Waals surface area contributed by atoms with Crippen molar-refractivity contribution in [3.63, 3.8) is 0 Å². The minimum atomic E-state index is -0.376. The topological polar surface area (TPSA) is 20.2 Å². The number of hydrogen-bond donors (Lipinski definition) is 1. The van der Waals surface area contributed by atoms with Crippen LogP contribution in [0.4, 0.5) is 0 Å². The van der Waals surface area contributed by atoms with Crippen LogP contribution in [0.5, 0.6) is 0 Å². The summed E-state index contributed by atoms with van der Waals surface area (Å²) in [7, 11) is 0. The van der Waals surface area contributed by atoms with Gasteiger partial charge in [-0.25, -0.2) is 0 Å². The van der Waals surface area contributed by atoms with E-state index in [0.29, 0.717) is 5.92 Å². The lowest BCUT2D eigenvalue weighted by molar-refractivity contribution is 0.0266. The molecule has 0 unspecified atom stereocenters. The largest absolute Gasteiger partial charge is 0.390 e. The van der Waals surface area contributed by atoms with E-state index in [4.69, 9.17) is 0 Å². The molecule has 0 radical (unpaired) electrons. The fourth-order valence-electron chi connectivity index (χ4n) is 1.85. The SMILES string of the molecule is C[C@@H]1C[C@H](C)[C@@](C)(O)C1. The molecule has 0 bridgehead atoms. The average Bonchev–Trinajstić information content (AvgIpc) is 1.79. The summed E-state index contributed by atoms with van der Waals surface area (Å²) >= 11 is 0. The van der Waals surface area contributed by atoms with E-state index >= 15 is 0 Å². The van der Waals surface area contributed by atoms with E-state index in [0.717, 1.165) is 12.3 Å². The molecule has 0 aromatic rings. The van der Waals surface area contributed by atoms with Crippen molar-refractivity contribution in [2.45, 2.75) is 39.2 Å². The van der Waals surface area contributed by atoms with Gasteiger partial charge in [0.15, 0.2) is 0 Å². The fraction of sp³-hybridized carbons (Fsp3) is 1.00. The highest BCUT2D eigenvalue weighted by Gasteiger charge is 2.37. The molecule has 1 aliphatic rings. The van der Waals surface area contributed by atoms with Gasteiger partial charge in [-0.3, -0.25) is 0 Å². The molecule has 1 fully saturated rings. The van der Waals surface area contributed by atoms with Gasteiger partial charge < -0.3 is 5.11 Å². The maximum absolute atomic E-state index is 9.63. The Balaban J connectivity index is 2.58. The molecular weight excluding hydrogens is 112 g/mol. The first-order valence-electron chi connectivity index (χ1n) is 3.75. The second kappa shape index (κ2) is 1.98. The zero-order valence-corrected chi connectivity index (χ0v) is 6.52. The van der Waals surface area contributed by atoms with Crippen molar-refractivity contribution in [3.8, 4) is 0 Å². The quantitative estimate of drug-likeness (QED) is 0.527. The summed E-state index contributed by atoms with van der Waals surface area (Å²) in [6, 6.07) is 0. The summed E-state index contributed by atoms with van der Waals surface area (Å²) in [5, 5.41) is 9.63. The Hall–Kier alpha value is -0.0400. The van der Waals surface area contributed by atoms with E-state index in [1.807, 2.05) is 6.92 Å². The molecule has 0 spiro atoms. The van der Waals surface area contributed by atoms with Crippen molar-refractivity contribution in [2.75, 3.05) is 0 Å². The van der Waals surface area contributed by atoms with Gasteiger partial charge in [0, 0.05) is 0 Å². The Bertz CT molecular complexity index is 107. The Labute approximate surface area is 57.1 Å². The molecule has 1 aliphatic carbocycles. The summed E-state index contributed by atoms with van der Waals surface area (Å²) in [5.74, 6) is 1.21. The zero-order valence-electron chi connectivity index (χ0n) is 6.52. The lowest BCUT2D eigenvalue weighted by Gasteiger charge is -2.21. The van der Waals surface area contributed by atoms with E-state index in [2.05, 4.69) is 13.8 Å². The maximum Gasteiger partial charge on any atom is 0.0647 e. The molecule has 1 heteroatoms. The van der Waals surface area contributed by atoms with E-state index in [9.17, 15) is 5.11 Å². The standard InChI is InChI=1S/C8H16O/c1-6-4-7(2)8(3,9)5-6/h6-7,9H,4-5H2,1-3H3/t6-,7+,8+/m1/s1. The van der Waals surface area contributed by atoms with Crippen LogP contribution >= 0.6 is 0 Å². The molecule has 1 N–H and O–H groups in total. The van der Waals surface area contributed by atoms with Crippen LogP contribution in [0.1, 0.15) is 33.6 Å². The Kier molecular flexibility index (Phi) is 1.55. The third kappa shape index (κ3) is 1.26. The van der Waals surface area contributed by atoms with Gasteiger partial charge in [-0.2, -0.15) is 0 Å². The van der Waals surface area contributed by atoms with Gasteiger partial charge in [-0.15, -0.1) is 0 Å². The van der Waals surface area contributed by atoms with E-state index in [-0.39, 0.29) is 5.60 Å². The van der Waals surface area contributed by atoms with Crippen LogP contribution in [0.15, 0.2) is 0 Å². The predicted molar refractivity (Wildman–Crippen MR) is 38.2 cm³/mol. The van der Waals surface area contributed by atoms with Gasteiger partial charge in [-0.05, 0) is 31.6 Å². The van der Waals surface area contributed by atoms with Crippen molar-refractivity contribution < 1.29 is 5.11 Å². The van der Waals surface area contributed by atoms with E-state index < -0.39 is 0 Å². The first-order valence-corrected chi connectivity index (χ1v) is 3.75. The highest BCUT2D eigenvalue weighted by atomic mass is 16.3. The molecule has 0 aromatic heterocycles. The van der Waals surface area contributed by atoms with Gasteiger partial charge in [0.05, 0.1) is 5.60 Å². The second-order valence-electron chi connectivity index (χ2n) is 3.80. The molecular formula is C8H16O. The van der Waals surface area contributed by atoms with Crippen LogP contribution in [0.3, 0.4) is 0 Å². The third-order valence-corrected chi connectivity index (χ3v) is 2.58. The molecule has 0 heterocycles. The summed E-state index contributed by atoms with van der Waals surface area (Å²) < 4.78 is 0. The molecule has 54 valence electrons. The van der Waals surface area contributed by atoms with Gasteiger partial charge >= 0.3 is 0 Å². The minimum Gasteiger partial charge on any atom is -0.390 e. The lowest BCUT2D eigenvalue weighted by Crippen LogP contribution is -2.26. The van der Waals surface area contributed by atoms with Crippen LogP contribution in [-0.2, 0) is 0 Å². The second-order valence-corrected chi connectivity index (χ2v) is 3.80. The smallest absolute Gasteiger partial charge is 0.0647 e. The van der Waals surface area contributed by atoms with Crippen LogP contribution in [0, 0.1) is 11.8 Å². The fourth-order valence-corrected chi connectivity index (χ4v) is 1.85. The molecule has 3 atom stereocenters. The van der Waals surface area contributed by atoms with Gasteiger partial charge in [0.2, 0.25) is 0 Å². The van der Waals surface area contributed by atoms with Crippen LogP contribution < -0.4 is 0 Å². The molecule has 1 rings (SSSR count). The molecule has 0 aliphatic heterocycles. The Morgan fingerprint density at radius 1 is 1.44 bits per heavy atom. The maximum atomic E-state index is 9.63. The molecule has 0 amide bonds. The molecule has 0 saturated heterocycles. The third-order valence-electron chi connectivity index (χ3n) is 2.58. The molecule has 0 aromatic carbocycles. The van der Waals surface area contributed by atoms with E-state index in [1.165, 1.54) is 6.42 Å². The zero-order chi connectivity index (χ0) is 7.07. The minimum absolute atomic E-state index is 0.376. The summed E-state index contributed by atoms with van der Waals surface area (Å²) in [4.78, 5) is 0. The lowest BCUT2D eigenvalue weighted by atomic mass is 9.95. The van der Waals surface area contributed by atoms with Crippen molar-refractivity contribution in [1.82, 2.24) is 0 Å². The summed E-state index contributed by atoms with van der Waals surface area (Å²) in [5.41, 5.74) is -0.376. The highest BCUT2D eigenvalue weighted by Crippen LogP contribution is 2.38. The number of aliphatic hydroxyl groups is 1. The number of rotatable bonds is 0. The average molecular weight is 128 g/mol. The van der Waals surface area contributed by atoms with Crippen LogP contribution in [0.2, 0.25) is 0 Å². The van der Waals surface area contributed by atoms with Crippen LogP contribution in [0.25, 0.3) is 0 Å². The Morgan fingerprint density at radius 2 is 2.00 bits per heavy atom. The van der Waals surface area contributed by atoms with Gasteiger partial charge in [0.1, 0.15) is 0 Å². The predicted octanol–water partition coefficient (Wildman–Crippen LogP) is 1.80. The van der Waals surface area contributed by atoms with Gasteiger partial charge in [0.25, 0.3) is 0 Å². The Morgan fingerprint density at radius 3 is 2.11 bits per heavy atom. The highest BCUT2D eigenvalue weighted by molar-refractivity contribution is 4.88. The van der Waals surface area contributed by atoms with Crippen LogP contribution in [-0.4, -0.2) is 10.7 Å². The van der Waals surface area contributed by atoms with Crippen molar-refractivity contribution in [2.24, 2.45) is 11.8 Å². The first-order chi connectivity index (χ1) is 4.02. The van der Waals surface area contributed by atoms with Gasteiger partial charge in [-0.1, -0.05) is 13.8 Å². The summed E-state index contributed by atoms with van der Waals surface area (Å²) in [6.07, 6.45) is 2.17. The molecule has 9 heavy (non-hydrogen) atoms. The normalized spacial score (nSPS) is 52.0. The number of hydrogen-bond acceptors (Lipinski definition) is 1. The van der Waals surface area contributed by atoms with E-state index in [1.54, 1.807) is 0 Å². The van der Waals surface area contributed by atoms with Crippen molar-refractivity contribution >= 4 is 0 Å². The summed E-state index contributed by atoms with van der Waals surface area (Å²) in [6.45, 7) is 6.28. The molecule has 1 saturated carbocycles. The first kappa shape index (κ1) is 7.07. The molecule has 1 nitrogen and oxygen atoms in total. The van der Waals surface area contributed by atoms with Crippen molar-refractivity contribution in [1.29, 1.82) is 0 Å². The monoisotopic (exact) mass is 128 g/mol.